The number of esters is 2. The first-order chi connectivity index (χ1) is 9.28. The number of hydrogen-bond donors (Lipinski definition) is 0. The topological polar surface area (TPSA) is 80.3 Å². The van der Waals surface area contributed by atoms with Crippen LogP contribution in [0.5, 0.6) is 0 Å². The molecule has 0 aromatic heterocycles. The molecule has 0 spiro atoms. The lowest BCUT2D eigenvalue weighted by molar-refractivity contribution is -0.197. The quantitative estimate of drug-likeness (QED) is 0.693. The van der Waals surface area contributed by atoms with Crippen molar-refractivity contribution in [3.8, 4) is 0 Å². The minimum absolute atomic E-state index is 0.0898. The Labute approximate surface area is 117 Å². The lowest BCUT2D eigenvalue weighted by atomic mass is 10.1. The summed E-state index contributed by atoms with van der Waals surface area (Å²) in [5.41, 5.74) is 0. The largest absolute Gasteiger partial charge is 0.463 e. The highest BCUT2D eigenvalue weighted by Crippen LogP contribution is 2.38. The first-order valence-corrected chi connectivity index (χ1v) is 6.56. The summed E-state index contributed by atoms with van der Waals surface area (Å²) >= 11 is 0. The molecule has 114 valence electrons. The van der Waals surface area contributed by atoms with Crippen molar-refractivity contribution in [3.63, 3.8) is 0 Å². The predicted octanol–water partition coefficient (Wildman–Crippen LogP) is 0.400. The van der Waals surface area contributed by atoms with Crippen molar-refractivity contribution in [2.24, 2.45) is 0 Å². The Hall–Kier alpha value is -1.18. The highest BCUT2D eigenvalue weighted by Gasteiger charge is 2.55. The Morgan fingerprint density at radius 2 is 1.35 bits per heavy atom. The maximum atomic E-state index is 10.9. The summed E-state index contributed by atoms with van der Waals surface area (Å²) in [6, 6.07) is 0. The van der Waals surface area contributed by atoms with Crippen molar-refractivity contribution < 1.29 is 33.3 Å². The SMILES string of the molecule is CC(=O)OC[C@@H]1O[C@H](COC(C)=O)[C@H]2OC(C)(C)O[C@H]21. The molecule has 0 N–H and O–H groups in total. The molecule has 0 aromatic rings. The second-order valence-electron chi connectivity index (χ2n) is 5.38. The van der Waals surface area contributed by atoms with Crippen LogP contribution < -0.4 is 0 Å². The lowest BCUT2D eigenvalue weighted by Gasteiger charge is -2.23. The molecule has 0 aromatic carbocycles. The third-order valence-electron chi connectivity index (χ3n) is 3.15. The summed E-state index contributed by atoms with van der Waals surface area (Å²) in [5.74, 6) is -1.50. The fourth-order valence-electron chi connectivity index (χ4n) is 2.44. The minimum Gasteiger partial charge on any atom is -0.463 e. The first kappa shape index (κ1) is 15.2. The van der Waals surface area contributed by atoms with Gasteiger partial charge in [0.1, 0.15) is 37.6 Å². The second kappa shape index (κ2) is 5.67. The van der Waals surface area contributed by atoms with Crippen molar-refractivity contribution in [1.82, 2.24) is 0 Å². The fourth-order valence-corrected chi connectivity index (χ4v) is 2.44. The number of hydrogen-bond acceptors (Lipinski definition) is 7. The summed E-state index contributed by atoms with van der Waals surface area (Å²) in [6.07, 6.45) is -1.53. The monoisotopic (exact) mass is 288 g/mol. The van der Waals surface area contributed by atoms with Crippen LogP contribution >= 0.6 is 0 Å². The third kappa shape index (κ3) is 3.47. The molecule has 20 heavy (non-hydrogen) atoms. The van der Waals surface area contributed by atoms with Gasteiger partial charge in [0.25, 0.3) is 0 Å². The molecule has 0 saturated carbocycles. The summed E-state index contributed by atoms with van der Waals surface area (Å²) in [6.45, 7) is 6.45. The highest BCUT2D eigenvalue weighted by atomic mass is 16.8. The number of fused-ring (bicyclic) bond motifs is 1. The van der Waals surface area contributed by atoms with E-state index in [0.717, 1.165) is 0 Å². The second-order valence-corrected chi connectivity index (χ2v) is 5.38. The lowest BCUT2D eigenvalue weighted by Crippen LogP contribution is -2.33. The molecule has 7 nitrogen and oxygen atoms in total. The smallest absolute Gasteiger partial charge is 0.302 e. The molecule has 2 rings (SSSR count). The molecule has 2 aliphatic rings. The van der Waals surface area contributed by atoms with E-state index < -0.39 is 18.0 Å². The molecule has 0 aliphatic carbocycles. The van der Waals surface area contributed by atoms with E-state index in [9.17, 15) is 9.59 Å². The van der Waals surface area contributed by atoms with Crippen LogP contribution in [0, 0.1) is 0 Å². The Kier molecular flexibility index (Phi) is 4.31. The molecule has 2 heterocycles. The van der Waals surface area contributed by atoms with Gasteiger partial charge in [0.2, 0.25) is 0 Å². The Morgan fingerprint density at radius 1 is 0.950 bits per heavy atom. The van der Waals surface area contributed by atoms with E-state index in [0.29, 0.717) is 0 Å². The number of ether oxygens (including phenoxy) is 5. The van der Waals surface area contributed by atoms with E-state index in [1.165, 1.54) is 13.8 Å². The average molecular weight is 288 g/mol. The number of carbonyl (C=O) groups excluding carboxylic acids is 2. The Bertz CT molecular complexity index is 358. The van der Waals surface area contributed by atoms with Crippen LogP contribution in [0.3, 0.4) is 0 Å². The molecule has 0 bridgehead atoms. The van der Waals surface area contributed by atoms with E-state index in [2.05, 4.69) is 0 Å². The highest BCUT2D eigenvalue weighted by molar-refractivity contribution is 5.66. The van der Waals surface area contributed by atoms with Gasteiger partial charge in [-0.1, -0.05) is 0 Å². The Balaban J connectivity index is 2.01. The number of rotatable bonds is 4. The van der Waals surface area contributed by atoms with Gasteiger partial charge in [-0.2, -0.15) is 0 Å². The van der Waals surface area contributed by atoms with E-state index >= 15 is 0 Å². The maximum absolute atomic E-state index is 10.9. The van der Waals surface area contributed by atoms with Crippen LogP contribution in [0.25, 0.3) is 0 Å². The Morgan fingerprint density at radius 3 is 1.70 bits per heavy atom. The van der Waals surface area contributed by atoms with Crippen LogP contribution in [0.2, 0.25) is 0 Å². The molecule has 7 heteroatoms. The molecule has 0 amide bonds. The van der Waals surface area contributed by atoms with E-state index in [4.69, 9.17) is 23.7 Å². The molecule has 2 aliphatic heterocycles. The van der Waals surface area contributed by atoms with Gasteiger partial charge in [-0.3, -0.25) is 9.59 Å². The van der Waals surface area contributed by atoms with Crippen molar-refractivity contribution >= 4 is 11.9 Å². The van der Waals surface area contributed by atoms with Crippen LogP contribution in [0.4, 0.5) is 0 Å². The van der Waals surface area contributed by atoms with Gasteiger partial charge in [-0.05, 0) is 13.8 Å². The molecular formula is C13H20O7. The zero-order chi connectivity index (χ0) is 14.9. The molecule has 0 unspecified atom stereocenters. The van der Waals surface area contributed by atoms with Gasteiger partial charge in [-0.15, -0.1) is 0 Å². The first-order valence-electron chi connectivity index (χ1n) is 6.56. The van der Waals surface area contributed by atoms with Gasteiger partial charge < -0.3 is 23.7 Å². The fraction of sp³-hybridized carbons (Fsp3) is 0.846. The van der Waals surface area contributed by atoms with E-state index in [1.807, 2.05) is 0 Å². The molecule has 4 atom stereocenters. The average Bonchev–Trinajstić information content (AvgIpc) is 2.77. The predicted molar refractivity (Wildman–Crippen MR) is 65.8 cm³/mol. The zero-order valence-corrected chi connectivity index (χ0v) is 12.1. The van der Waals surface area contributed by atoms with Gasteiger partial charge >= 0.3 is 11.9 Å². The van der Waals surface area contributed by atoms with Crippen molar-refractivity contribution in [2.75, 3.05) is 13.2 Å². The summed E-state index contributed by atoms with van der Waals surface area (Å²) in [7, 11) is 0. The third-order valence-corrected chi connectivity index (χ3v) is 3.15. The van der Waals surface area contributed by atoms with E-state index in [1.54, 1.807) is 13.8 Å². The van der Waals surface area contributed by atoms with Crippen LogP contribution in [0.15, 0.2) is 0 Å². The standard InChI is InChI=1S/C13H20O7/c1-7(14)16-5-9-11-12(20-13(3,4)19-11)10(18-9)6-17-8(2)15/h9-12H,5-6H2,1-4H3/t9-,10+,11-,12+. The summed E-state index contributed by atoms with van der Waals surface area (Å²) in [4.78, 5) is 21.8. The van der Waals surface area contributed by atoms with Gasteiger partial charge in [0.15, 0.2) is 5.79 Å². The van der Waals surface area contributed by atoms with Crippen LogP contribution in [-0.2, 0) is 33.3 Å². The summed E-state index contributed by atoms with van der Waals surface area (Å²) in [5, 5.41) is 0. The minimum atomic E-state index is -0.734. The van der Waals surface area contributed by atoms with Gasteiger partial charge in [0.05, 0.1) is 0 Å². The van der Waals surface area contributed by atoms with Crippen molar-refractivity contribution in [2.45, 2.75) is 57.9 Å². The molecule has 2 fully saturated rings. The van der Waals surface area contributed by atoms with Gasteiger partial charge in [0, 0.05) is 13.8 Å². The maximum Gasteiger partial charge on any atom is 0.302 e. The molecule has 0 radical (unpaired) electrons. The summed E-state index contributed by atoms with van der Waals surface area (Å²) < 4.78 is 27.2. The molecular weight excluding hydrogens is 268 g/mol. The zero-order valence-electron chi connectivity index (χ0n) is 12.1. The molecule has 2 saturated heterocycles. The van der Waals surface area contributed by atoms with E-state index in [-0.39, 0.29) is 37.4 Å². The normalized spacial score (nSPS) is 34.6. The van der Waals surface area contributed by atoms with Crippen molar-refractivity contribution in [3.05, 3.63) is 0 Å². The van der Waals surface area contributed by atoms with Crippen LogP contribution in [0.1, 0.15) is 27.7 Å². The van der Waals surface area contributed by atoms with Crippen molar-refractivity contribution in [1.29, 1.82) is 0 Å². The number of carbonyl (C=O) groups is 2. The van der Waals surface area contributed by atoms with Gasteiger partial charge in [-0.25, -0.2) is 0 Å². The van der Waals surface area contributed by atoms with Crippen LogP contribution in [-0.4, -0.2) is 55.4 Å².